The minimum absolute atomic E-state index is 0.148. The number of hydrogen-bond donors (Lipinski definition) is 0. The number of aromatic nitrogens is 1. The van der Waals surface area contributed by atoms with Gasteiger partial charge in [0.2, 0.25) is 0 Å². The summed E-state index contributed by atoms with van der Waals surface area (Å²) >= 11 is 0.903. The van der Waals surface area contributed by atoms with Gasteiger partial charge in [-0.3, -0.25) is 14.9 Å². The predicted molar refractivity (Wildman–Crippen MR) is 71.3 cm³/mol. The molecule has 0 spiro atoms. The Labute approximate surface area is 117 Å². The third-order valence-corrected chi connectivity index (χ3v) is 3.55. The molecule has 20 heavy (non-hydrogen) atoms. The highest BCUT2D eigenvalue weighted by molar-refractivity contribution is 7.07. The second kappa shape index (κ2) is 5.63. The largest absolute Gasteiger partial charge is 0.465 e. The van der Waals surface area contributed by atoms with E-state index < -0.39 is 16.8 Å². The fraction of sp³-hybridized carbons (Fsp3) is 0.250. The molecule has 7 nitrogen and oxygen atoms in total. The lowest BCUT2D eigenvalue weighted by molar-refractivity contribution is -0.383. The van der Waals surface area contributed by atoms with Gasteiger partial charge in [-0.15, -0.1) is 0 Å². The van der Waals surface area contributed by atoms with Crippen molar-refractivity contribution in [3.05, 3.63) is 33.2 Å². The molecule has 8 heteroatoms. The summed E-state index contributed by atoms with van der Waals surface area (Å²) in [5.41, 5.74) is 0.0348. The Morgan fingerprint density at radius 2 is 2.40 bits per heavy atom. The van der Waals surface area contributed by atoms with Crippen LogP contribution < -0.4 is 0 Å². The normalized spacial score (nSPS) is 11.8. The van der Waals surface area contributed by atoms with Crippen molar-refractivity contribution >= 4 is 34.1 Å². The van der Waals surface area contributed by atoms with E-state index in [1.165, 1.54) is 12.1 Å². The summed E-state index contributed by atoms with van der Waals surface area (Å²) < 4.78 is 8.82. The smallest absolute Gasteiger partial charge is 0.328 e. The molecule has 1 unspecified atom stereocenters. The van der Waals surface area contributed by atoms with Crippen molar-refractivity contribution in [2.24, 2.45) is 0 Å². The first-order valence-corrected chi connectivity index (χ1v) is 6.46. The number of nitrogens with zero attached hydrogens (tertiary/aromatic N) is 3. The number of carbonyl (C=O) groups excluding carboxylic acids is 1. The van der Waals surface area contributed by atoms with Crippen LogP contribution in [-0.2, 0) is 9.53 Å². The van der Waals surface area contributed by atoms with E-state index in [9.17, 15) is 14.9 Å². The number of hydrogen-bond acceptors (Lipinski definition) is 7. The molecule has 0 saturated heterocycles. The Kier molecular flexibility index (Phi) is 3.91. The third kappa shape index (κ3) is 2.31. The van der Waals surface area contributed by atoms with Crippen LogP contribution in [0.15, 0.2) is 18.2 Å². The number of nitro groups is 1. The third-order valence-electron chi connectivity index (χ3n) is 2.63. The highest BCUT2D eigenvalue weighted by Crippen LogP contribution is 2.34. The van der Waals surface area contributed by atoms with Crippen molar-refractivity contribution in [3.8, 4) is 6.07 Å². The highest BCUT2D eigenvalue weighted by atomic mass is 32.1. The van der Waals surface area contributed by atoms with Gasteiger partial charge in [-0.05, 0) is 18.5 Å². The Morgan fingerprint density at radius 1 is 1.65 bits per heavy atom. The number of fused-ring (bicyclic) bond motifs is 1. The van der Waals surface area contributed by atoms with E-state index in [0.717, 1.165) is 11.5 Å². The number of benzene rings is 1. The first kappa shape index (κ1) is 13.9. The second-order valence-electron chi connectivity index (χ2n) is 3.79. The molecule has 0 radical (unpaired) electrons. The summed E-state index contributed by atoms with van der Waals surface area (Å²) in [5.74, 6) is -1.79. The van der Waals surface area contributed by atoms with E-state index in [1.807, 2.05) is 6.07 Å². The van der Waals surface area contributed by atoms with Crippen LogP contribution in [-0.4, -0.2) is 21.9 Å². The zero-order valence-electron chi connectivity index (χ0n) is 10.4. The van der Waals surface area contributed by atoms with Gasteiger partial charge >= 0.3 is 5.97 Å². The zero-order chi connectivity index (χ0) is 14.7. The van der Waals surface area contributed by atoms with Gasteiger partial charge in [0.15, 0.2) is 11.4 Å². The van der Waals surface area contributed by atoms with Crippen LogP contribution >= 0.6 is 11.5 Å². The molecule has 0 fully saturated rings. The maximum Gasteiger partial charge on any atom is 0.328 e. The van der Waals surface area contributed by atoms with E-state index in [1.54, 1.807) is 13.0 Å². The maximum absolute atomic E-state index is 11.7. The average molecular weight is 291 g/mol. The quantitative estimate of drug-likeness (QED) is 0.486. The number of nitro benzene ring substituents is 1. The Morgan fingerprint density at radius 3 is 3.00 bits per heavy atom. The number of rotatable bonds is 4. The summed E-state index contributed by atoms with van der Waals surface area (Å²) in [6.45, 7) is 1.80. The SMILES string of the molecule is CCOC(=O)C(C#N)c1snc2c([N+](=O)[O-])cccc12. The van der Waals surface area contributed by atoms with E-state index >= 15 is 0 Å². The average Bonchev–Trinajstić information content (AvgIpc) is 2.84. The molecule has 2 rings (SSSR count). The van der Waals surface area contributed by atoms with Crippen molar-refractivity contribution in [2.45, 2.75) is 12.8 Å². The number of esters is 1. The van der Waals surface area contributed by atoms with E-state index in [4.69, 9.17) is 10.00 Å². The molecule has 1 aromatic carbocycles. The minimum Gasteiger partial charge on any atom is -0.465 e. The molecule has 0 aliphatic heterocycles. The second-order valence-corrected chi connectivity index (χ2v) is 4.60. The van der Waals surface area contributed by atoms with Gasteiger partial charge in [0, 0.05) is 11.5 Å². The minimum atomic E-state index is -1.12. The molecule has 102 valence electrons. The van der Waals surface area contributed by atoms with Crippen molar-refractivity contribution in [2.75, 3.05) is 6.61 Å². The molecular weight excluding hydrogens is 282 g/mol. The van der Waals surface area contributed by atoms with E-state index in [2.05, 4.69) is 4.37 Å². The van der Waals surface area contributed by atoms with E-state index in [0.29, 0.717) is 10.3 Å². The summed E-state index contributed by atoms with van der Waals surface area (Å²) in [4.78, 5) is 22.5. The fourth-order valence-electron chi connectivity index (χ4n) is 1.77. The molecule has 0 bridgehead atoms. The Bertz CT molecular complexity index is 719. The van der Waals surface area contributed by atoms with Crippen molar-refractivity contribution < 1.29 is 14.5 Å². The van der Waals surface area contributed by atoms with Crippen LogP contribution in [0.3, 0.4) is 0 Å². The zero-order valence-corrected chi connectivity index (χ0v) is 11.2. The molecule has 0 N–H and O–H groups in total. The number of nitriles is 1. The summed E-state index contributed by atoms with van der Waals surface area (Å²) in [6.07, 6.45) is 0. The number of ether oxygens (including phenoxy) is 1. The van der Waals surface area contributed by atoms with E-state index in [-0.39, 0.29) is 17.8 Å². The van der Waals surface area contributed by atoms with Gasteiger partial charge in [0.05, 0.1) is 22.5 Å². The lowest BCUT2D eigenvalue weighted by Gasteiger charge is -2.06. The van der Waals surface area contributed by atoms with Crippen molar-refractivity contribution in [3.63, 3.8) is 0 Å². The first-order chi connectivity index (χ1) is 9.60. The van der Waals surface area contributed by atoms with Crippen LogP contribution in [0.5, 0.6) is 0 Å². The van der Waals surface area contributed by atoms with Crippen LogP contribution in [0.2, 0.25) is 0 Å². The monoisotopic (exact) mass is 291 g/mol. The first-order valence-electron chi connectivity index (χ1n) is 5.69. The van der Waals surface area contributed by atoms with Crippen LogP contribution in [0, 0.1) is 21.4 Å². The van der Waals surface area contributed by atoms with Gasteiger partial charge in [0.25, 0.3) is 5.69 Å². The van der Waals surface area contributed by atoms with Crippen LogP contribution in [0.4, 0.5) is 5.69 Å². The molecule has 0 aliphatic rings. The summed E-state index contributed by atoms with van der Waals surface area (Å²) in [5, 5.41) is 20.5. The molecule has 0 aliphatic carbocycles. The molecule has 1 atom stereocenters. The fourth-order valence-corrected chi connectivity index (χ4v) is 2.67. The topological polar surface area (TPSA) is 106 Å². The van der Waals surface area contributed by atoms with Gasteiger partial charge in [-0.1, -0.05) is 12.1 Å². The predicted octanol–water partition coefficient (Wildman–Crippen LogP) is 2.37. The molecule has 1 aromatic heterocycles. The lowest BCUT2D eigenvalue weighted by Crippen LogP contribution is -2.13. The van der Waals surface area contributed by atoms with Gasteiger partial charge in [-0.25, -0.2) is 0 Å². The molecule has 0 saturated carbocycles. The number of non-ortho nitro benzene ring substituents is 1. The Hall–Kier alpha value is -2.53. The number of carbonyl (C=O) groups is 1. The highest BCUT2D eigenvalue weighted by Gasteiger charge is 2.28. The summed E-state index contributed by atoms with van der Waals surface area (Å²) in [6, 6.07) is 6.29. The molecule has 0 amide bonds. The van der Waals surface area contributed by atoms with Gasteiger partial charge in [0.1, 0.15) is 0 Å². The maximum atomic E-state index is 11.7. The Balaban J connectivity index is 2.56. The molecule has 2 aromatic rings. The van der Waals surface area contributed by atoms with Crippen molar-refractivity contribution in [1.82, 2.24) is 4.37 Å². The summed E-state index contributed by atoms with van der Waals surface area (Å²) in [7, 11) is 0. The van der Waals surface area contributed by atoms with Gasteiger partial charge < -0.3 is 4.74 Å². The van der Waals surface area contributed by atoms with Crippen LogP contribution in [0.1, 0.15) is 17.7 Å². The van der Waals surface area contributed by atoms with Crippen molar-refractivity contribution in [1.29, 1.82) is 5.26 Å². The molecule has 1 heterocycles. The standard InChI is InChI=1S/C12H9N3O4S/c1-2-19-12(16)8(6-13)11-7-4-3-5-9(15(17)18)10(7)14-20-11/h3-5,8H,2H2,1H3. The molecular formula is C12H9N3O4S. The van der Waals surface area contributed by atoms with Crippen LogP contribution in [0.25, 0.3) is 10.9 Å². The van der Waals surface area contributed by atoms with Gasteiger partial charge in [-0.2, -0.15) is 9.64 Å². The lowest BCUT2D eigenvalue weighted by atomic mass is 10.1.